The number of carbonyl (C=O) groups excluding carboxylic acids is 1. The fourth-order valence-corrected chi connectivity index (χ4v) is 1.84. The largest absolute Gasteiger partial charge is 0.370 e. The van der Waals surface area contributed by atoms with Crippen LogP contribution in [0.25, 0.3) is 0 Å². The van der Waals surface area contributed by atoms with Gasteiger partial charge in [0.15, 0.2) is 0 Å². The van der Waals surface area contributed by atoms with E-state index in [9.17, 15) is 4.79 Å². The summed E-state index contributed by atoms with van der Waals surface area (Å²) in [5.41, 5.74) is 2.23. The minimum atomic E-state index is -0.166. The molecule has 0 saturated carbocycles. The Labute approximate surface area is 117 Å². The SMILES string of the molecule is CCNc1ccc(C(=O)NCc2c(C)noc2C)cn1. The van der Waals surface area contributed by atoms with Gasteiger partial charge in [0.25, 0.3) is 5.91 Å². The zero-order chi connectivity index (χ0) is 14.5. The number of hydrogen-bond acceptors (Lipinski definition) is 5. The number of hydrogen-bond donors (Lipinski definition) is 2. The van der Waals surface area contributed by atoms with Gasteiger partial charge in [0.2, 0.25) is 0 Å². The molecule has 0 aromatic carbocycles. The number of aromatic nitrogens is 2. The van der Waals surface area contributed by atoms with E-state index in [0.29, 0.717) is 12.1 Å². The van der Waals surface area contributed by atoms with Crippen molar-refractivity contribution in [2.45, 2.75) is 27.3 Å². The van der Waals surface area contributed by atoms with Gasteiger partial charge in [-0.2, -0.15) is 0 Å². The van der Waals surface area contributed by atoms with Crippen molar-refractivity contribution in [2.75, 3.05) is 11.9 Å². The van der Waals surface area contributed by atoms with Crippen LogP contribution in [-0.4, -0.2) is 22.6 Å². The molecule has 0 radical (unpaired) electrons. The summed E-state index contributed by atoms with van der Waals surface area (Å²) in [5, 5.41) is 9.77. The molecule has 0 bridgehead atoms. The molecule has 106 valence electrons. The first kappa shape index (κ1) is 14.0. The highest BCUT2D eigenvalue weighted by Gasteiger charge is 2.11. The number of aryl methyl sites for hydroxylation is 2. The van der Waals surface area contributed by atoms with E-state index >= 15 is 0 Å². The predicted molar refractivity (Wildman–Crippen MR) is 75.5 cm³/mol. The van der Waals surface area contributed by atoms with Crippen molar-refractivity contribution in [3.05, 3.63) is 40.9 Å². The van der Waals surface area contributed by atoms with Gasteiger partial charge >= 0.3 is 0 Å². The maximum absolute atomic E-state index is 12.0. The molecule has 0 fully saturated rings. The lowest BCUT2D eigenvalue weighted by atomic mass is 10.2. The van der Waals surface area contributed by atoms with Crippen molar-refractivity contribution in [1.82, 2.24) is 15.5 Å². The molecule has 0 unspecified atom stereocenters. The Bertz CT molecular complexity index is 570. The molecule has 0 aliphatic carbocycles. The molecular weight excluding hydrogens is 256 g/mol. The predicted octanol–water partition coefficient (Wildman–Crippen LogP) is 2.05. The van der Waals surface area contributed by atoms with E-state index < -0.39 is 0 Å². The van der Waals surface area contributed by atoms with Crippen molar-refractivity contribution in [3.63, 3.8) is 0 Å². The summed E-state index contributed by atoms with van der Waals surface area (Å²) in [5.74, 6) is 1.32. The van der Waals surface area contributed by atoms with Gasteiger partial charge in [-0.05, 0) is 32.9 Å². The smallest absolute Gasteiger partial charge is 0.253 e. The van der Waals surface area contributed by atoms with Gasteiger partial charge in [0.1, 0.15) is 11.6 Å². The molecule has 6 nitrogen and oxygen atoms in total. The lowest BCUT2D eigenvalue weighted by molar-refractivity contribution is 0.0950. The second-order valence-electron chi connectivity index (χ2n) is 4.45. The maximum Gasteiger partial charge on any atom is 0.253 e. The van der Waals surface area contributed by atoms with Crippen molar-refractivity contribution in [1.29, 1.82) is 0 Å². The van der Waals surface area contributed by atoms with Crippen LogP contribution in [0.2, 0.25) is 0 Å². The first-order valence-corrected chi connectivity index (χ1v) is 6.51. The molecular formula is C14H18N4O2. The molecule has 1 amide bonds. The molecule has 2 N–H and O–H groups in total. The van der Waals surface area contributed by atoms with E-state index in [1.165, 1.54) is 0 Å². The number of rotatable bonds is 5. The van der Waals surface area contributed by atoms with E-state index in [1.54, 1.807) is 18.3 Å². The molecule has 2 rings (SSSR count). The van der Waals surface area contributed by atoms with Gasteiger partial charge in [-0.15, -0.1) is 0 Å². The van der Waals surface area contributed by atoms with Gasteiger partial charge in [-0.1, -0.05) is 5.16 Å². The molecule has 0 saturated heterocycles. The van der Waals surface area contributed by atoms with Crippen LogP contribution >= 0.6 is 0 Å². The lowest BCUT2D eigenvalue weighted by Gasteiger charge is -2.06. The van der Waals surface area contributed by atoms with Crippen molar-refractivity contribution in [3.8, 4) is 0 Å². The summed E-state index contributed by atoms with van der Waals surface area (Å²) >= 11 is 0. The van der Waals surface area contributed by atoms with Crippen LogP contribution in [0, 0.1) is 13.8 Å². The first-order valence-electron chi connectivity index (χ1n) is 6.51. The second kappa shape index (κ2) is 6.18. The van der Waals surface area contributed by atoms with Crippen LogP contribution in [0.5, 0.6) is 0 Å². The summed E-state index contributed by atoms with van der Waals surface area (Å²) < 4.78 is 5.05. The fraction of sp³-hybridized carbons (Fsp3) is 0.357. The second-order valence-corrected chi connectivity index (χ2v) is 4.45. The van der Waals surface area contributed by atoms with E-state index in [0.717, 1.165) is 29.4 Å². The first-order chi connectivity index (χ1) is 9.61. The third kappa shape index (κ3) is 3.14. The molecule has 2 aromatic heterocycles. The third-order valence-electron chi connectivity index (χ3n) is 2.99. The van der Waals surface area contributed by atoms with Crippen molar-refractivity contribution >= 4 is 11.7 Å². The Morgan fingerprint density at radius 3 is 2.70 bits per heavy atom. The molecule has 0 aliphatic heterocycles. The summed E-state index contributed by atoms with van der Waals surface area (Å²) in [6.45, 7) is 6.87. The molecule has 0 aliphatic rings. The summed E-state index contributed by atoms with van der Waals surface area (Å²) in [4.78, 5) is 16.2. The van der Waals surface area contributed by atoms with Gasteiger partial charge in [-0.3, -0.25) is 4.79 Å². The Balaban J connectivity index is 1.98. The molecule has 0 spiro atoms. The van der Waals surface area contributed by atoms with Crippen LogP contribution in [0.1, 0.15) is 34.3 Å². The monoisotopic (exact) mass is 274 g/mol. The minimum Gasteiger partial charge on any atom is -0.370 e. The fourth-order valence-electron chi connectivity index (χ4n) is 1.84. The average Bonchev–Trinajstić information content (AvgIpc) is 2.77. The van der Waals surface area contributed by atoms with E-state index in [2.05, 4.69) is 20.8 Å². The Morgan fingerprint density at radius 1 is 1.35 bits per heavy atom. The Kier molecular flexibility index (Phi) is 4.34. The zero-order valence-corrected chi connectivity index (χ0v) is 11.9. The summed E-state index contributed by atoms with van der Waals surface area (Å²) in [6.07, 6.45) is 1.56. The number of carbonyl (C=O) groups is 1. The number of pyridine rings is 1. The van der Waals surface area contributed by atoms with E-state index in [4.69, 9.17) is 4.52 Å². The topological polar surface area (TPSA) is 80.0 Å². The van der Waals surface area contributed by atoms with Gasteiger partial charge in [-0.25, -0.2) is 4.98 Å². The molecule has 0 atom stereocenters. The van der Waals surface area contributed by atoms with Crippen LogP contribution in [-0.2, 0) is 6.54 Å². The zero-order valence-electron chi connectivity index (χ0n) is 11.9. The Morgan fingerprint density at radius 2 is 2.15 bits per heavy atom. The highest BCUT2D eigenvalue weighted by molar-refractivity contribution is 5.94. The number of anilines is 1. The van der Waals surface area contributed by atoms with Gasteiger partial charge in [0, 0.05) is 24.8 Å². The molecule has 2 heterocycles. The average molecular weight is 274 g/mol. The molecule has 6 heteroatoms. The highest BCUT2D eigenvalue weighted by atomic mass is 16.5. The van der Waals surface area contributed by atoms with Gasteiger partial charge in [0.05, 0.1) is 11.3 Å². The van der Waals surface area contributed by atoms with Gasteiger partial charge < -0.3 is 15.2 Å². The minimum absolute atomic E-state index is 0.166. The number of amides is 1. The van der Waals surface area contributed by atoms with Crippen molar-refractivity contribution < 1.29 is 9.32 Å². The van der Waals surface area contributed by atoms with Crippen LogP contribution in [0.15, 0.2) is 22.9 Å². The van der Waals surface area contributed by atoms with Crippen LogP contribution in [0.4, 0.5) is 5.82 Å². The number of nitrogens with one attached hydrogen (secondary N) is 2. The van der Waals surface area contributed by atoms with E-state index in [1.807, 2.05) is 20.8 Å². The molecule has 2 aromatic rings. The number of nitrogens with zero attached hydrogens (tertiary/aromatic N) is 2. The van der Waals surface area contributed by atoms with Crippen LogP contribution in [0.3, 0.4) is 0 Å². The normalized spacial score (nSPS) is 10.3. The summed E-state index contributed by atoms with van der Waals surface area (Å²) in [7, 11) is 0. The lowest BCUT2D eigenvalue weighted by Crippen LogP contribution is -2.23. The molecule has 20 heavy (non-hydrogen) atoms. The third-order valence-corrected chi connectivity index (χ3v) is 2.99. The van der Waals surface area contributed by atoms with E-state index in [-0.39, 0.29) is 5.91 Å². The summed E-state index contributed by atoms with van der Waals surface area (Å²) in [6, 6.07) is 3.53. The maximum atomic E-state index is 12.0. The quantitative estimate of drug-likeness (QED) is 0.872. The Hall–Kier alpha value is -2.37. The standard InChI is InChI=1S/C14H18N4O2/c1-4-15-13-6-5-11(7-16-13)14(19)17-8-12-9(2)18-20-10(12)3/h5-7H,4,8H2,1-3H3,(H,15,16)(H,17,19). The van der Waals surface area contributed by atoms with Crippen molar-refractivity contribution in [2.24, 2.45) is 0 Å². The highest BCUT2D eigenvalue weighted by Crippen LogP contribution is 2.12. The van der Waals surface area contributed by atoms with Crippen LogP contribution < -0.4 is 10.6 Å².